The van der Waals surface area contributed by atoms with Crippen molar-refractivity contribution in [3.05, 3.63) is 0 Å². The van der Waals surface area contributed by atoms with Crippen LogP contribution in [0.2, 0.25) is 0 Å². The predicted octanol–water partition coefficient (Wildman–Crippen LogP) is -4.19. The molecule has 7 heteroatoms. The van der Waals surface area contributed by atoms with Crippen molar-refractivity contribution in [3.8, 4) is 0 Å². The molecule has 0 aliphatic carbocycles. The minimum Gasteiger partial charge on any atom is -0.747 e. The molecule has 0 aliphatic heterocycles. The fourth-order valence-corrected chi connectivity index (χ4v) is 1.42. The normalized spacial score (nSPS) is 16.3. The molecule has 0 heterocycles. The van der Waals surface area contributed by atoms with Crippen LogP contribution in [0.4, 0.5) is 0 Å². The van der Waals surface area contributed by atoms with Crippen molar-refractivity contribution >= 4 is 10.1 Å². The van der Waals surface area contributed by atoms with Crippen molar-refractivity contribution in [1.29, 1.82) is 0 Å². The van der Waals surface area contributed by atoms with Crippen LogP contribution in [0.5, 0.6) is 0 Å². The topological polar surface area (TPSA) is 109 Å². The summed E-state index contributed by atoms with van der Waals surface area (Å²) in [5, 5.41) is -1.33. The second kappa shape index (κ2) is 6.31. The first-order chi connectivity index (χ1) is 4.89. The van der Waals surface area contributed by atoms with Crippen LogP contribution in [-0.4, -0.2) is 24.9 Å². The third kappa shape index (κ3) is 5.47. The van der Waals surface area contributed by atoms with Crippen LogP contribution in [0.3, 0.4) is 0 Å². The first-order valence-electron chi connectivity index (χ1n) is 3.30. The largest absolute Gasteiger partial charge is 1.00 e. The van der Waals surface area contributed by atoms with E-state index in [1.54, 1.807) is 6.92 Å². The Bertz CT molecular complexity index is 207. The van der Waals surface area contributed by atoms with E-state index in [0.717, 1.165) is 0 Å². The van der Waals surface area contributed by atoms with Gasteiger partial charge in [-0.1, -0.05) is 6.92 Å². The Hall–Kier alpha value is 0.830. The number of hydrogen-bond donors (Lipinski definition) is 2. The predicted molar refractivity (Wildman–Crippen MR) is 40.5 cm³/mol. The van der Waals surface area contributed by atoms with Crippen molar-refractivity contribution in [3.63, 3.8) is 0 Å². The molecule has 0 aromatic carbocycles. The molecule has 0 aromatic rings. The maximum Gasteiger partial charge on any atom is 1.00 e. The van der Waals surface area contributed by atoms with Gasteiger partial charge in [-0.3, -0.25) is 0 Å². The summed E-state index contributed by atoms with van der Waals surface area (Å²) in [4.78, 5) is 0. The van der Waals surface area contributed by atoms with E-state index in [2.05, 4.69) is 0 Å². The molecule has 12 heavy (non-hydrogen) atoms. The number of rotatable bonds is 4. The standard InChI is InChI=1S/C5H14N2O3S.Na/c1-4(2-3-6)5(7)11(8,9)10;/h4-5H,2-3,6-7H2,1H3,(H,8,9,10);/q;+1/p-1. The average molecular weight is 204 g/mol. The van der Waals surface area contributed by atoms with E-state index < -0.39 is 15.5 Å². The molecule has 5 nitrogen and oxygen atoms in total. The van der Waals surface area contributed by atoms with Gasteiger partial charge in [-0.25, -0.2) is 8.42 Å². The summed E-state index contributed by atoms with van der Waals surface area (Å²) in [6, 6.07) is 0. The van der Waals surface area contributed by atoms with E-state index in [-0.39, 0.29) is 35.5 Å². The number of nitrogens with two attached hydrogens (primary N) is 2. The van der Waals surface area contributed by atoms with Gasteiger partial charge < -0.3 is 16.0 Å². The molecule has 0 saturated carbocycles. The summed E-state index contributed by atoms with van der Waals surface area (Å²) in [7, 11) is -4.35. The summed E-state index contributed by atoms with van der Waals surface area (Å²) in [5.74, 6) is -0.373. The zero-order valence-corrected chi connectivity index (χ0v) is 10.2. The Morgan fingerprint density at radius 2 is 1.92 bits per heavy atom. The minimum absolute atomic E-state index is 0. The van der Waals surface area contributed by atoms with Gasteiger partial charge in [0.1, 0.15) is 10.1 Å². The minimum atomic E-state index is -4.35. The first-order valence-corrected chi connectivity index (χ1v) is 4.77. The zero-order valence-electron chi connectivity index (χ0n) is 7.36. The molecule has 0 saturated heterocycles. The van der Waals surface area contributed by atoms with Gasteiger partial charge in [0, 0.05) is 0 Å². The molecule has 0 bridgehead atoms. The van der Waals surface area contributed by atoms with Gasteiger partial charge in [-0.05, 0) is 18.9 Å². The average Bonchev–Trinajstić information content (AvgIpc) is 1.85. The van der Waals surface area contributed by atoms with E-state index in [9.17, 15) is 13.0 Å². The van der Waals surface area contributed by atoms with E-state index in [4.69, 9.17) is 11.5 Å². The van der Waals surface area contributed by atoms with Gasteiger partial charge in [0.25, 0.3) is 0 Å². The SMILES string of the molecule is CC(CCN)C(N)S(=O)(=O)[O-].[Na+]. The van der Waals surface area contributed by atoms with Crippen LogP contribution in [0, 0.1) is 5.92 Å². The fraction of sp³-hybridized carbons (Fsp3) is 1.00. The molecule has 0 spiro atoms. The maximum absolute atomic E-state index is 10.3. The van der Waals surface area contributed by atoms with Gasteiger partial charge in [0.05, 0.1) is 5.37 Å². The van der Waals surface area contributed by atoms with Crippen molar-refractivity contribution in [2.75, 3.05) is 6.54 Å². The van der Waals surface area contributed by atoms with Crippen LogP contribution >= 0.6 is 0 Å². The van der Waals surface area contributed by atoms with E-state index >= 15 is 0 Å². The monoisotopic (exact) mass is 204 g/mol. The molecule has 0 radical (unpaired) electrons. The first kappa shape index (κ1) is 15.3. The quantitative estimate of drug-likeness (QED) is 0.356. The van der Waals surface area contributed by atoms with Crippen molar-refractivity contribution in [2.45, 2.75) is 18.7 Å². The molecule has 4 N–H and O–H groups in total. The van der Waals surface area contributed by atoms with Gasteiger partial charge in [-0.15, -0.1) is 0 Å². The number of hydrogen-bond acceptors (Lipinski definition) is 5. The molecule has 2 unspecified atom stereocenters. The van der Waals surface area contributed by atoms with Crippen LogP contribution in [0.15, 0.2) is 0 Å². The van der Waals surface area contributed by atoms with Gasteiger partial charge in [0.15, 0.2) is 0 Å². The molecule has 2 atom stereocenters. The Morgan fingerprint density at radius 1 is 1.50 bits per heavy atom. The van der Waals surface area contributed by atoms with E-state index in [1.165, 1.54) is 0 Å². The third-order valence-corrected chi connectivity index (χ3v) is 2.65. The molecule has 0 rings (SSSR count). The summed E-state index contributed by atoms with van der Waals surface area (Å²) in [6.45, 7) is 1.93. The molecular formula is C5H13N2NaO3S. The zero-order chi connectivity index (χ0) is 9.07. The molecular weight excluding hydrogens is 191 g/mol. The fourth-order valence-electron chi connectivity index (χ4n) is 0.712. The van der Waals surface area contributed by atoms with E-state index in [0.29, 0.717) is 13.0 Å². The smallest absolute Gasteiger partial charge is 0.747 e. The summed E-state index contributed by atoms with van der Waals surface area (Å²) in [5.41, 5.74) is 10.3. The van der Waals surface area contributed by atoms with Crippen LogP contribution < -0.4 is 41.0 Å². The van der Waals surface area contributed by atoms with Crippen LogP contribution in [0.25, 0.3) is 0 Å². The molecule has 68 valence electrons. The summed E-state index contributed by atoms with van der Waals surface area (Å²) in [6.07, 6.45) is 0.447. The Balaban J connectivity index is 0. The second-order valence-corrected chi connectivity index (χ2v) is 4.04. The van der Waals surface area contributed by atoms with E-state index in [1.807, 2.05) is 0 Å². The van der Waals surface area contributed by atoms with Crippen molar-refractivity contribution < 1.29 is 42.5 Å². The van der Waals surface area contributed by atoms with Crippen molar-refractivity contribution in [2.24, 2.45) is 17.4 Å². The van der Waals surface area contributed by atoms with Gasteiger partial charge >= 0.3 is 29.6 Å². The van der Waals surface area contributed by atoms with Crippen LogP contribution in [-0.2, 0) is 10.1 Å². The van der Waals surface area contributed by atoms with Gasteiger partial charge in [0.2, 0.25) is 0 Å². The maximum atomic E-state index is 10.3. The molecule has 0 amide bonds. The third-order valence-electron chi connectivity index (χ3n) is 1.52. The molecule has 0 aliphatic rings. The summed E-state index contributed by atoms with van der Waals surface area (Å²) < 4.78 is 31.0. The Kier molecular flexibility index (Phi) is 8.05. The summed E-state index contributed by atoms with van der Waals surface area (Å²) >= 11 is 0. The van der Waals surface area contributed by atoms with Crippen LogP contribution in [0.1, 0.15) is 13.3 Å². The van der Waals surface area contributed by atoms with Crippen molar-refractivity contribution in [1.82, 2.24) is 0 Å². The Labute approximate surface area is 94.9 Å². The molecule has 0 fully saturated rings. The second-order valence-electron chi connectivity index (χ2n) is 2.51. The van der Waals surface area contributed by atoms with Gasteiger partial charge in [-0.2, -0.15) is 0 Å². The Morgan fingerprint density at radius 3 is 2.17 bits per heavy atom. The molecule has 0 aromatic heterocycles.